The molecule has 0 saturated heterocycles. The first-order chi connectivity index (χ1) is 15.0. The molecule has 0 spiro atoms. The van der Waals surface area contributed by atoms with Crippen molar-refractivity contribution in [1.82, 2.24) is 14.9 Å². The number of benzene rings is 2. The van der Waals surface area contributed by atoms with Crippen LogP contribution in [0.2, 0.25) is 13.1 Å². The number of fused-ring (bicyclic) bond motifs is 2. The van der Waals surface area contributed by atoms with Crippen LogP contribution in [0.5, 0.6) is 11.6 Å². The summed E-state index contributed by atoms with van der Waals surface area (Å²) in [6, 6.07) is 10.9. The molecule has 6 nitrogen and oxygen atoms in total. The van der Waals surface area contributed by atoms with Crippen LogP contribution in [-0.4, -0.2) is 46.3 Å². The van der Waals surface area contributed by atoms with Gasteiger partial charge in [0.05, 0.1) is 12.6 Å². The van der Waals surface area contributed by atoms with Crippen LogP contribution in [0.1, 0.15) is 36.2 Å². The molecular weight excluding hydrogens is 573 g/mol. The molecule has 1 aromatic heterocycles. The van der Waals surface area contributed by atoms with E-state index in [9.17, 15) is 9.90 Å². The zero-order valence-electron chi connectivity index (χ0n) is 18.8. The number of aromatic hydroxyl groups is 1. The second kappa shape index (κ2) is 10.0. The number of amides is 1. The molecule has 0 fully saturated rings. The smallest absolute Gasteiger partial charge is 0.254 e. The molecular formula is C24H27BN3O3W. The van der Waals surface area contributed by atoms with E-state index in [0.717, 1.165) is 23.9 Å². The summed E-state index contributed by atoms with van der Waals surface area (Å²) in [5.74, 6) is 0.878. The number of carbonyl (C=O) groups excluding carboxylic acids is 1. The fraction of sp³-hybridized carbons (Fsp3) is 0.375. The molecule has 2 atom stereocenters. The molecule has 4 rings (SSSR count). The minimum atomic E-state index is 0. The summed E-state index contributed by atoms with van der Waals surface area (Å²) in [5, 5.41) is 10.3. The zero-order valence-corrected chi connectivity index (χ0v) is 21.8. The van der Waals surface area contributed by atoms with Crippen molar-refractivity contribution in [3.63, 3.8) is 0 Å². The van der Waals surface area contributed by atoms with Crippen LogP contribution in [-0.2, 0) is 27.6 Å². The van der Waals surface area contributed by atoms with Gasteiger partial charge in [0.15, 0.2) is 0 Å². The van der Waals surface area contributed by atoms with Crippen LogP contribution in [0.15, 0.2) is 36.4 Å². The number of hydrogen-bond acceptors (Lipinski definition) is 5. The van der Waals surface area contributed by atoms with Gasteiger partial charge in [-0.15, -0.1) is 0 Å². The second-order valence-electron chi connectivity index (χ2n) is 8.19. The predicted octanol–water partition coefficient (Wildman–Crippen LogP) is 4.55. The van der Waals surface area contributed by atoms with E-state index in [1.165, 1.54) is 0 Å². The topological polar surface area (TPSA) is 75.6 Å². The van der Waals surface area contributed by atoms with E-state index in [1.807, 2.05) is 23.1 Å². The number of carbonyl (C=O) groups is 1. The van der Waals surface area contributed by atoms with E-state index < -0.39 is 0 Å². The quantitative estimate of drug-likeness (QED) is 0.404. The first-order valence-corrected chi connectivity index (χ1v) is 10.7. The van der Waals surface area contributed by atoms with Crippen molar-refractivity contribution in [2.45, 2.75) is 46.0 Å². The third-order valence-corrected chi connectivity index (χ3v) is 6.31. The third kappa shape index (κ3) is 4.27. The first kappa shape index (κ1) is 24.2. The molecule has 0 aliphatic carbocycles. The molecule has 165 valence electrons. The van der Waals surface area contributed by atoms with Crippen LogP contribution in [0.25, 0.3) is 22.3 Å². The first-order valence-electron chi connectivity index (χ1n) is 10.7. The minimum absolute atomic E-state index is 0. The molecule has 1 N–H and O–H groups in total. The predicted molar refractivity (Wildman–Crippen MR) is 123 cm³/mol. The van der Waals surface area contributed by atoms with Gasteiger partial charge in [0, 0.05) is 44.8 Å². The average molecular weight is 600 g/mol. The standard InChI is InChI=1S/C24H27BN3O3.W/c1-14(11-12-25-3)15(2)28-13-18-16(7-5-8-17(18)24(28)30)21-23(31-4)26-19-9-6-10-20(29)22(19)27-21;/h5-10,14-15,29H,11-13H2,1-4H3;. The number of ether oxygens (including phenoxy) is 1. The maximum absolute atomic E-state index is 13.2. The van der Waals surface area contributed by atoms with Crippen molar-refractivity contribution in [2.24, 2.45) is 5.92 Å². The molecule has 2 heterocycles. The molecule has 8 heteroatoms. The van der Waals surface area contributed by atoms with Gasteiger partial charge in [-0.05, 0) is 36.6 Å². The Balaban J connectivity index is 0.00000289. The van der Waals surface area contributed by atoms with Crippen molar-refractivity contribution < 1.29 is 35.7 Å². The van der Waals surface area contributed by atoms with Crippen LogP contribution in [0.4, 0.5) is 0 Å². The summed E-state index contributed by atoms with van der Waals surface area (Å²) >= 11 is 0. The number of aromatic nitrogens is 2. The number of para-hydroxylation sites is 1. The minimum Gasteiger partial charge on any atom is -0.506 e. The van der Waals surface area contributed by atoms with Crippen molar-refractivity contribution in [3.8, 4) is 22.9 Å². The van der Waals surface area contributed by atoms with E-state index in [0.29, 0.717) is 40.6 Å². The number of phenolic OH excluding ortho intramolecular Hbond substituents is 1. The van der Waals surface area contributed by atoms with Crippen LogP contribution >= 0.6 is 0 Å². The molecule has 1 amide bonds. The molecule has 1 radical (unpaired) electrons. The molecule has 0 bridgehead atoms. The Morgan fingerprint density at radius 3 is 2.59 bits per heavy atom. The zero-order chi connectivity index (χ0) is 22.1. The average Bonchev–Trinajstić information content (AvgIpc) is 3.13. The van der Waals surface area contributed by atoms with Crippen molar-refractivity contribution in [2.75, 3.05) is 7.11 Å². The number of hydrogen-bond donors (Lipinski definition) is 1. The maximum Gasteiger partial charge on any atom is 0.254 e. The number of nitrogens with zero attached hydrogens (tertiary/aromatic N) is 3. The van der Waals surface area contributed by atoms with Crippen LogP contribution in [0.3, 0.4) is 0 Å². The van der Waals surface area contributed by atoms with Crippen molar-refractivity contribution in [1.29, 1.82) is 0 Å². The summed E-state index contributed by atoms with van der Waals surface area (Å²) in [6.07, 6.45) is 2.09. The van der Waals surface area contributed by atoms with Gasteiger partial charge in [0.2, 0.25) is 5.88 Å². The number of rotatable bonds is 7. The Morgan fingerprint density at radius 1 is 1.16 bits per heavy atom. The van der Waals surface area contributed by atoms with Gasteiger partial charge >= 0.3 is 0 Å². The number of phenols is 1. The van der Waals surface area contributed by atoms with E-state index in [-0.39, 0.29) is 38.8 Å². The summed E-state index contributed by atoms with van der Waals surface area (Å²) in [6.45, 7) is 6.91. The maximum atomic E-state index is 13.2. The van der Waals surface area contributed by atoms with E-state index in [4.69, 9.17) is 9.72 Å². The molecule has 1 aliphatic rings. The molecule has 0 saturated carbocycles. The van der Waals surface area contributed by atoms with Gasteiger partial charge in [0.1, 0.15) is 24.2 Å². The fourth-order valence-corrected chi connectivity index (χ4v) is 4.25. The van der Waals surface area contributed by atoms with Gasteiger partial charge in [-0.2, -0.15) is 0 Å². The molecule has 32 heavy (non-hydrogen) atoms. The summed E-state index contributed by atoms with van der Waals surface area (Å²) in [5.41, 5.74) is 3.93. The Kier molecular flexibility index (Phi) is 7.60. The Hall–Kier alpha value is -2.40. The Labute approximate surface area is 203 Å². The van der Waals surface area contributed by atoms with Gasteiger partial charge in [0.25, 0.3) is 5.91 Å². The summed E-state index contributed by atoms with van der Waals surface area (Å²) < 4.78 is 5.53. The molecule has 3 aromatic rings. The van der Waals surface area contributed by atoms with E-state index in [1.54, 1.807) is 25.3 Å². The Morgan fingerprint density at radius 2 is 1.88 bits per heavy atom. The fourth-order valence-electron chi connectivity index (χ4n) is 4.25. The van der Waals surface area contributed by atoms with E-state index in [2.05, 4.69) is 32.9 Å². The number of methoxy groups -OCH3 is 1. The third-order valence-electron chi connectivity index (χ3n) is 6.31. The van der Waals surface area contributed by atoms with Crippen LogP contribution < -0.4 is 4.74 Å². The van der Waals surface area contributed by atoms with Gasteiger partial charge in [-0.25, -0.2) is 9.97 Å². The van der Waals surface area contributed by atoms with Gasteiger partial charge in [-0.3, -0.25) is 4.79 Å². The Bertz CT molecular complexity index is 1140. The van der Waals surface area contributed by atoms with E-state index >= 15 is 0 Å². The molecule has 2 aromatic carbocycles. The van der Waals surface area contributed by atoms with Gasteiger partial charge < -0.3 is 14.7 Å². The van der Waals surface area contributed by atoms with Gasteiger partial charge in [-0.1, -0.05) is 44.7 Å². The largest absolute Gasteiger partial charge is 0.506 e. The normalized spacial score (nSPS) is 14.6. The monoisotopic (exact) mass is 600 g/mol. The second-order valence-corrected chi connectivity index (χ2v) is 8.19. The summed E-state index contributed by atoms with van der Waals surface area (Å²) in [4.78, 5) is 24.4. The molecule has 2 unspecified atom stereocenters. The SMILES string of the molecule is C[B]CCC(C)C(C)N1Cc2c(cccc2-c2nc3c(O)cccc3nc2OC)C1=O.[W]. The summed E-state index contributed by atoms with van der Waals surface area (Å²) in [7, 11) is 3.72. The van der Waals surface area contributed by atoms with Crippen LogP contribution in [0, 0.1) is 5.92 Å². The molecule has 1 aliphatic heterocycles. The van der Waals surface area contributed by atoms with Crippen molar-refractivity contribution in [3.05, 3.63) is 47.5 Å². The van der Waals surface area contributed by atoms with Crippen molar-refractivity contribution >= 4 is 24.2 Å².